The molecule has 0 aromatic carbocycles. The molecule has 1 aliphatic heterocycles. The first-order valence-electron chi connectivity index (χ1n) is 6.19. The molecule has 0 radical (unpaired) electrons. The lowest BCUT2D eigenvalue weighted by Gasteiger charge is -2.12. The van der Waals surface area contributed by atoms with E-state index in [1.807, 2.05) is 6.92 Å². The van der Waals surface area contributed by atoms with Crippen LogP contribution in [0, 0.1) is 11.3 Å². The van der Waals surface area contributed by atoms with Crippen molar-refractivity contribution < 1.29 is 14.4 Å². The first-order chi connectivity index (χ1) is 9.60. The summed E-state index contributed by atoms with van der Waals surface area (Å²) < 4.78 is 0. The summed E-state index contributed by atoms with van der Waals surface area (Å²) in [6.07, 6.45) is 2.08. The van der Waals surface area contributed by atoms with Crippen molar-refractivity contribution in [2.24, 2.45) is 0 Å². The number of hydrogen-bond acceptors (Lipinski definition) is 6. The second kappa shape index (κ2) is 8.22. The molecule has 3 amide bonds. The number of imide groups is 1. The Morgan fingerprint density at radius 2 is 2.25 bits per heavy atom. The third-order valence-electron chi connectivity index (χ3n) is 2.47. The van der Waals surface area contributed by atoms with Crippen LogP contribution in [0.4, 0.5) is 4.79 Å². The van der Waals surface area contributed by atoms with E-state index in [0.29, 0.717) is 13.1 Å². The molecule has 0 atom stereocenters. The van der Waals surface area contributed by atoms with Gasteiger partial charge in [-0.25, -0.2) is 0 Å². The summed E-state index contributed by atoms with van der Waals surface area (Å²) in [7, 11) is 0. The van der Waals surface area contributed by atoms with Gasteiger partial charge in [-0.3, -0.25) is 19.3 Å². The molecule has 7 nitrogen and oxygen atoms in total. The van der Waals surface area contributed by atoms with Gasteiger partial charge in [0.15, 0.2) is 0 Å². The molecule has 0 aromatic heterocycles. The number of nitrogens with one attached hydrogen (secondary N) is 2. The van der Waals surface area contributed by atoms with E-state index in [1.54, 1.807) is 6.07 Å². The lowest BCUT2D eigenvalue weighted by Crippen LogP contribution is -2.34. The fourth-order valence-electron chi connectivity index (χ4n) is 1.43. The van der Waals surface area contributed by atoms with Gasteiger partial charge in [-0.05, 0) is 6.42 Å². The SMILES string of the molecule is CCCNC(=O)/C(C#N)=C\NCCN1C(=O)CSC1=O. The number of amides is 3. The van der Waals surface area contributed by atoms with Gasteiger partial charge >= 0.3 is 0 Å². The number of nitrogens with zero attached hydrogens (tertiary/aromatic N) is 2. The van der Waals surface area contributed by atoms with Crippen molar-refractivity contribution >= 4 is 28.8 Å². The lowest BCUT2D eigenvalue weighted by atomic mass is 10.3. The average Bonchev–Trinajstić information content (AvgIpc) is 2.76. The van der Waals surface area contributed by atoms with Crippen LogP contribution < -0.4 is 10.6 Å². The number of rotatable bonds is 7. The van der Waals surface area contributed by atoms with E-state index in [1.165, 1.54) is 6.20 Å². The molecule has 0 spiro atoms. The van der Waals surface area contributed by atoms with Crippen LogP contribution in [0.5, 0.6) is 0 Å². The average molecular weight is 296 g/mol. The van der Waals surface area contributed by atoms with Crippen molar-refractivity contribution in [3.05, 3.63) is 11.8 Å². The molecule has 1 rings (SSSR count). The molecule has 1 saturated heterocycles. The Hall–Kier alpha value is -2.01. The molecule has 0 aromatic rings. The summed E-state index contributed by atoms with van der Waals surface area (Å²) in [5.74, 6) is -0.477. The van der Waals surface area contributed by atoms with Gasteiger partial charge in [-0.15, -0.1) is 0 Å². The first kappa shape index (κ1) is 16.0. The standard InChI is InChI=1S/C12H16N4O3S/c1-2-3-15-11(18)9(6-13)7-14-4-5-16-10(17)8-20-12(16)19/h7,14H,2-5,8H2,1H3,(H,15,18)/b9-7-. The molecular weight excluding hydrogens is 280 g/mol. The number of carbonyl (C=O) groups is 3. The number of hydrogen-bond donors (Lipinski definition) is 2. The maximum Gasteiger partial charge on any atom is 0.288 e. The monoisotopic (exact) mass is 296 g/mol. The fraction of sp³-hybridized carbons (Fsp3) is 0.500. The van der Waals surface area contributed by atoms with Crippen molar-refractivity contribution in [2.75, 3.05) is 25.4 Å². The molecular formula is C12H16N4O3S. The lowest BCUT2D eigenvalue weighted by molar-refractivity contribution is -0.124. The molecule has 1 heterocycles. The Balaban J connectivity index is 2.38. The molecule has 108 valence electrons. The van der Waals surface area contributed by atoms with Gasteiger partial charge in [-0.2, -0.15) is 5.26 Å². The van der Waals surface area contributed by atoms with Crippen LogP contribution >= 0.6 is 11.8 Å². The van der Waals surface area contributed by atoms with Crippen molar-refractivity contribution in [3.63, 3.8) is 0 Å². The van der Waals surface area contributed by atoms with Gasteiger partial charge in [0.25, 0.3) is 11.1 Å². The first-order valence-corrected chi connectivity index (χ1v) is 7.17. The Labute approximate surface area is 121 Å². The number of thioether (sulfide) groups is 1. The fourth-order valence-corrected chi connectivity index (χ4v) is 2.18. The van der Waals surface area contributed by atoms with Crippen LogP contribution in [0.15, 0.2) is 11.8 Å². The van der Waals surface area contributed by atoms with Crippen molar-refractivity contribution in [2.45, 2.75) is 13.3 Å². The summed E-state index contributed by atoms with van der Waals surface area (Å²) in [6.45, 7) is 2.93. The molecule has 1 fully saturated rings. The highest BCUT2D eigenvalue weighted by molar-refractivity contribution is 8.14. The van der Waals surface area contributed by atoms with E-state index < -0.39 is 5.91 Å². The molecule has 0 unspecified atom stereocenters. The van der Waals surface area contributed by atoms with E-state index >= 15 is 0 Å². The minimum absolute atomic E-state index is 0.0353. The van der Waals surface area contributed by atoms with Crippen LogP contribution in [0.25, 0.3) is 0 Å². The van der Waals surface area contributed by atoms with Gasteiger partial charge in [0.2, 0.25) is 5.91 Å². The predicted octanol–water partition coefficient (Wildman–Crippen LogP) is 0.205. The minimum Gasteiger partial charge on any atom is -0.388 e. The van der Waals surface area contributed by atoms with Gasteiger partial charge in [0.1, 0.15) is 11.6 Å². The Morgan fingerprint density at radius 1 is 1.50 bits per heavy atom. The van der Waals surface area contributed by atoms with E-state index in [2.05, 4.69) is 10.6 Å². The summed E-state index contributed by atoms with van der Waals surface area (Å²) in [5, 5.41) is 13.9. The molecule has 0 saturated carbocycles. The summed E-state index contributed by atoms with van der Waals surface area (Å²) in [6, 6.07) is 1.79. The Kier molecular flexibility index (Phi) is 6.59. The smallest absolute Gasteiger partial charge is 0.288 e. The third-order valence-corrected chi connectivity index (χ3v) is 3.33. The zero-order valence-corrected chi connectivity index (χ0v) is 12.0. The van der Waals surface area contributed by atoms with Gasteiger partial charge in [0.05, 0.1) is 5.75 Å². The molecule has 1 aliphatic rings. The summed E-state index contributed by atoms with van der Waals surface area (Å²) in [5.41, 5.74) is -0.0353. The topological polar surface area (TPSA) is 102 Å². The highest BCUT2D eigenvalue weighted by Gasteiger charge is 2.28. The zero-order valence-electron chi connectivity index (χ0n) is 11.1. The van der Waals surface area contributed by atoms with E-state index in [9.17, 15) is 14.4 Å². The number of carbonyl (C=O) groups excluding carboxylic acids is 3. The maximum atomic E-state index is 11.5. The highest BCUT2D eigenvalue weighted by Crippen LogP contribution is 2.17. The minimum atomic E-state index is -0.439. The van der Waals surface area contributed by atoms with Crippen molar-refractivity contribution in [3.8, 4) is 6.07 Å². The molecule has 20 heavy (non-hydrogen) atoms. The summed E-state index contributed by atoms with van der Waals surface area (Å²) in [4.78, 5) is 35.3. The molecule has 2 N–H and O–H groups in total. The van der Waals surface area contributed by atoms with Crippen LogP contribution in [0.1, 0.15) is 13.3 Å². The molecule has 0 aliphatic carbocycles. The number of nitriles is 1. The second-order valence-electron chi connectivity index (χ2n) is 3.98. The quantitative estimate of drug-likeness (QED) is 0.395. The van der Waals surface area contributed by atoms with Crippen LogP contribution in [0.2, 0.25) is 0 Å². The Morgan fingerprint density at radius 3 is 2.80 bits per heavy atom. The zero-order chi connectivity index (χ0) is 15.0. The highest BCUT2D eigenvalue weighted by atomic mass is 32.2. The summed E-state index contributed by atoms with van der Waals surface area (Å²) >= 11 is 0.974. The second-order valence-corrected chi connectivity index (χ2v) is 4.91. The normalized spacial score (nSPS) is 15.2. The maximum absolute atomic E-state index is 11.5. The van der Waals surface area contributed by atoms with Gasteiger partial charge in [0, 0.05) is 25.8 Å². The van der Waals surface area contributed by atoms with Crippen LogP contribution in [0.3, 0.4) is 0 Å². The van der Waals surface area contributed by atoms with Gasteiger partial charge < -0.3 is 10.6 Å². The predicted molar refractivity (Wildman–Crippen MR) is 74.6 cm³/mol. The van der Waals surface area contributed by atoms with Crippen molar-refractivity contribution in [1.29, 1.82) is 5.26 Å². The van der Waals surface area contributed by atoms with Crippen LogP contribution in [-0.4, -0.2) is 47.3 Å². The van der Waals surface area contributed by atoms with Crippen molar-refractivity contribution in [1.82, 2.24) is 15.5 Å². The van der Waals surface area contributed by atoms with Gasteiger partial charge in [-0.1, -0.05) is 18.7 Å². The largest absolute Gasteiger partial charge is 0.388 e. The Bertz CT molecular complexity index is 454. The van der Waals surface area contributed by atoms with Crippen LogP contribution in [-0.2, 0) is 9.59 Å². The van der Waals surface area contributed by atoms with E-state index in [-0.39, 0.29) is 29.0 Å². The molecule has 0 bridgehead atoms. The third kappa shape index (κ3) is 4.59. The van der Waals surface area contributed by atoms with E-state index in [4.69, 9.17) is 5.26 Å². The van der Waals surface area contributed by atoms with E-state index in [0.717, 1.165) is 23.1 Å². The molecule has 8 heteroatoms.